The molecule has 0 unspecified atom stereocenters. The Kier molecular flexibility index (Phi) is 18.2. The number of carbonyl (C=O) groups excluding carboxylic acids is 2. The Bertz CT molecular complexity index is 303. The summed E-state index contributed by atoms with van der Waals surface area (Å²) in [5, 5.41) is 19.3. The quantitative estimate of drug-likeness (QED) is 0.481. The summed E-state index contributed by atoms with van der Waals surface area (Å²) in [6, 6.07) is 8.06. The minimum atomic E-state index is -1.13. The van der Waals surface area contributed by atoms with Crippen LogP contribution in [0.4, 0.5) is 0 Å². The average molecular weight is 240 g/mol. The summed E-state index contributed by atoms with van der Waals surface area (Å²) < 4.78 is 0. The molecule has 0 aliphatic carbocycles. The van der Waals surface area contributed by atoms with Crippen LogP contribution in [-0.4, -0.2) is 11.9 Å². The van der Waals surface area contributed by atoms with Gasteiger partial charge in [0.15, 0.2) is 0 Å². The van der Waals surface area contributed by atoms with Crippen LogP contribution in [0.3, 0.4) is 0 Å². The van der Waals surface area contributed by atoms with Crippen LogP contribution in [0.15, 0.2) is 30.3 Å². The van der Waals surface area contributed by atoms with E-state index < -0.39 is 11.9 Å². The van der Waals surface area contributed by atoms with E-state index in [0.29, 0.717) is 0 Å². The summed E-state index contributed by atoms with van der Waals surface area (Å²) in [5.74, 6) is -2.12. The molecule has 0 amide bonds. The second-order valence-electron chi connectivity index (χ2n) is 2.38. The van der Waals surface area contributed by atoms with Crippen LogP contribution in [-0.2, 0) is 4.79 Å². The standard InChI is InChI=1S/C7H6O2.C3H6O2.K.Li/c8-7(9)6-4-2-1-3-5-6;1-2-3(4)5;;/h1-5H,(H,8,9);2H2,1H3,(H,4,5);;/q;;2*+1/p-2. The van der Waals surface area contributed by atoms with Gasteiger partial charge in [0.1, 0.15) is 0 Å². The molecule has 4 nitrogen and oxygen atoms in total. The van der Waals surface area contributed by atoms with Gasteiger partial charge in [-0.25, -0.2) is 0 Å². The third kappa shape index (κ3) is 12.5. The second kappa shape index (κ2) is 13.5. The third-order valence-electron chi connectivity index (χ3n) is 1.30. The van der Waals surface area contributed by atoms with Crippen molar-refractivity contribution in [2.45, 2.75) is 13.3 Å². The minimum Gasteiger partial charge on any atom is -0.550 e. The average Bonchev–Trinajstić information content (AvgIpc) is 2.20. The predicted octanol–water partition coefficient (Wildman–Crippen LogP) is -6.80. The van der Waals surface area contributed by atoms with Gasteiger partial charge >= 0.3 is 70.2 Å². The summed E-state index contributed by atoms with van der Waals surface area (Å²) in [6.45, 7) is 1.54. The number of rotatable bonds is 2. The van der Waals surface area contributed by atoms with E-state index in [4.69, 9.17) is 0 Å². The van der Waals surface area contributed by atoms with E-state index in [1.54, 1.807) is 18.2 Å². The molecule has 0 atom stereocenters. The molecule has 1 aromatic carbocycles. The second-order valence-corrected chi connectivity index (χ2v) is 2.38. The van der Waals surface area contributed by atoms with Crippen molar-refractivity contribution in [1.29, 1.82) is 0 Å². The Morgan fingerprint density at radius 2 is 1.50 bits per heavy atom. The molecule has 0 radical (unpaired) electrons. The number of hydrogen-bond donors (Lipinski definition) is 0. The smallest absolute Gasteiger partial charge is 0.550 e. The molecule has 0 aromatic heterocycles. The van der Waals surface area contributed by atoms with E-state index >= 15 is 0 Å². The van der Waals surface area contributed by atoms with Gasteiger partial charge in [-0.2, -0.15) is 0 Å². The van der Waals surface area contributed by atoms with Crippen molar-refractivity contribution in [2.75, 3.05) is 0 Å². The molecule has 0 bridgehead atoms. The van der Waals surface area contributed by atoms with Crippen molar-refractivity contribution in [3.63, 3.8) is 0 Å². The number of carboxylic acid groups (broad SMARTS) is 2. The summed E-state index contributed by atoms with van der Waals surface area (Å²) in [7, 11) is 0. The van der Waals surface area contributed by atoms with Crippen LogP contribution in [0.5, 0.6) is 0 Å². The van der Waals surface area contributed by atoms with E-state index in [1.807, 2.05) is 0 Å². The molecule has 0 saturated carbocycles. The Hall–Kier alpha value is 0.394. The molecule has 76 valence electrons. The zero-order valence-corrected chi connectivity index (χ0v) is 12.8. The van der Waals surface area contributed by atoms with Crippen LogP contribution >= 0.6 is 0 Å². The van der Waals surface area contributed by atoms with E-state index in [0.717, 1.165) is 0 Å². The molecule has 0 spiro atoms. The van der Waals surface area contributed by atoms with Crippen molar-refractivity contribution in [1.82, 2.24) is 0 Å². The van der Waals surface area contributed by atoms with Crippen LogP contribution in [0.25, 0.3) is 0 Å². The topological polar surface area (TPSA) is 80.3 Å². The fraction of sp³-hybridized carbons (Fsp3) is 0.200. The summed E-state index contributed by atoms with van der Waals surface area (Å²) in [4.78, 5) is 19.3. The number of carboxylic acids is 2. The van der Waals surface area contributed by atoms with Gasteiger partial charge in [0.2, 0.25) is 0 Å². The largest absolute Gasteiger partial charge is 1.00 e. The monoisotopic (exact) mass is 240 g/mol. The maximum atomic E-state index is 10.1. The van der Waals surface area contributed by atoms with Crippen molar-refractivity contribution < 1.29 is 90.0 Å². The van der Waals surface area contributed by atoms with Crippen LogP contribution < -0.4 is 80.5 Å². The number of benzene rings is 1. The zero-order valence-electron chi connectivity index (χ0n) is 9.73. The van der Waals surface area contributed by atoms with Crippen LogP contribution in [0, 0.1) is 0 Å². The van der Waals surface area contributed by atoms with Crippen LogP contribution in [0.2, 0.25) is 0 Å². The molecular weight excluding hydrogens is 230 g/mol. The molecule has 0 N–H and O–H groups in total. The van der Waals surface area contributed by atoms with Gasteiger partial charge in [-0.15, -0.1) is 0 Å². The predicted molar refractivity (Wildman–Crippen MR) is 46.1 cm³/mol. The Morgan fingerprint density at radius 1 is 1.12 bits per heavy atom. The van der Waals surface area contributed by atoms with Gasteiger partial charge in [-0.1, -0.05) is 37.3 Å². The molecule has 1 aromatic rings. The number of carbonyl (C=O) groups is 2. The van der Waals surface area contributed by atoms with E-state index in [2.05, 4.69) is 0 Å². The Morgan fingerprint density at radius 3 is 1.69 bits per heavy atom. The van der Waals surface area contributed by atoms with Gasteiger partial charge in [-0.3, -0.25) is 0 Å². The van der Waals surface area contributed by atoms with Crippen LogP contribution in [0.1, 0.15) is 23.7 Å². The van der Waals surface area contributed by atoms with Crippen molar-refractivity contribution in [3.05, 3.63) is 35.9 Å². The maximum absolute atomic E-state index is 10.1. The molecule has 6 heteroatoms. The van der Waals surface area contributed by atoms with Gasteiger partial charge in [0, 0.05) is 5.97 Å². The first kappa shape index (κ1) is 21.7. The van der Waals surface area contributed by atoms with Gasteiger partial charge in [0.05, 0.1) is 5.97 Å². The molecule has 0 aliphatic heterocycles. The van der Waals surface area contributed by atoms with E-state index in [-0.39, 0.29) is 82.2 Å². The van der Waals surface area contributed by atoms with Gasteiger partial charge in [-0.05, 0) is 12.0 Å². The van der Waals surface area contributed by atoms with E-state index in [9.17, 15) is 19.8 Å². The van der Waals surface area contributed by atoms with Crippen molar-refractivity contribution in [3.8, 4) is 0 Å². The van der Waals surface area contributed by atoms with Crippen molar-refractivity contribution >= 4 is 11.9 Å². The Balaban J connectivity index is -0.000000214. The van der Waals surface area contributed by atoms with Gasteiger partial charge in [0.25, 0.3) is 0 Å². The number of hydrogen-bond acceptors (Lipinski definition) is 4. The summed E-state index contributed by atoms with van der Waals surface area (Å²) >= 11 is 0. The van der Waals surface area contributed by atoms with Gasteiger partial charge < -0.3 is 19.8 Å². The molecular formula is C10H10KLiO4. The molecule has 1 rings (SSSR count). The Labute approximate surface area is 149 Å². The normalized spacial score (nSPS) is 7.31. The summed E-state index contributed by atoms with van der Waals surface area (Å²) in [5.41, 5.74) is 0.220. The molecule has 16 heavy (non-hydrogen) atoms. The number of aliphatic carboxylic acids is 1. The first-order valence-corrected chi connectivity index (χ1v) is 4.04. The van der Waals surface area contributed by atoms with E-state index in [1.165, 1.54) is 19.1 Å². The molecule has 0 heterocycles. The zero-order chi connectivity index (χ0) is 11.0. The fourth-order valence-electron chi connectivity index (χ4n) is 0.574. The number of aromatic carboxylic acids is 1. The fourth-order valence-corrected chi connectivity index (χ4v) is 0.574. The molecule has 0 fully saturated rings. The first-order valence-electron chi connectivity index (χ1n) is 4.04. The molecule has 0 aliphatic rings. The van der Waals surface area contributed by atoms with Crippen molar-refractivity contribution in [2.24, 2.45) is 0 Å². The third-order valence-corrected chi connectivity index (χ3v) is 1.30. The minimum absolute atomic E-state index is 0. The molecule has 0 saturated heterocycles. The SMILES string of the molecule is CCC(=O)[O-].O=C([O-])c1ccccc1.[K+].[Li+]. The summed E-state index contributed by atoms with van der Waals surface area (Å²) in [6.07, 6.45) is 0.111. The first-order chi connectivity index (χ1) is 6.57. The maximum Gasteiger partial charge on any atom is 1.00 e.